The van der Waals surface area contributed by atoms with Gasteiger partial charge in [-0.15, -0.1) is 0 Å². The molecule has 1 heterocycles. The molecule has 0 aliphatic heterocycles. The van der Waals surface area contributed by atoms with Crippen LogP contribution in [0.2, 0.25) is 0 Å². The summed E-state index contributed by atoms with van der Waals surface area (Å²) in [4.78, 5) is 14.1. The molecular formula is C10H9N3O4. The monoisotopic (exact) mass is 235 g/mol. The van der Waals surface area contributed by atoms with Crippen molar-refractivity contribution in [3.8, 4) is 11.5 Å². The summed E-state index contributed by atoms with van der Waals surface area (Å²) in [5, 5.41) is 23.0. The van der Waals surface area contributed by atoms with Gasteiger partial charge in [-0.05, 0) is 12.5 Å². The molecule has 0 saturated carbocycles. The van der Waals surface area contributed by atoms with Gasteiger partial charge in [-0.1, -0.05) is 11.2 Å². The highest BCUT2D eigenvalue weighted by atomic mass is 16.6. The first-order valence-electron chi connectivity index (χ1n) is 4.80. The van der Waals surface area contributed by atoms with Crippen molar-refractivity contribution in [3.05, 3.63) is 39.7 Å². The maximum atomic E-state index is 10.7. The van der Waals surface area contributed by atoms with Crippen molar-refractivity contribution in [1.29, 1.82) is 0 Å². The van der Waals surface area contributed by atoms with E-state index in [1.165, 1.54) is 12.1 Å². The molecule has 7 nitrogen and oxygen atoms in total. The average Bonchev–Trinajstić information content (AvgIpc) is 2.77. The first-order valence-corrected chi connectivity index (χ1v) is 4.80. The second-order valence-corrected chi connectivity index (χ2v) is 3.43. The Hall–Kier alpha value is -2.28. The van der Waals surface area contributed by atoms with Crippen molar-refractivity contribution < 1.29 is 14.6 Å². The number of benzene rings is 1. The van der Waals surface area contributed by atoms with E-state index in [1.54, 1.807) is 13.0 Å². The van der Waals surface area contributed by atoms with Crippen LogP contribution in [0.3, 0.4) is 0 Å². The maximum absolute atomic E-state index is 10.7. The number of aliphatic hydroxyl groups excluding tert-OH is 1. The van der Waals surface area contributed by atoms with Gasteiger partial charge in [0.2, 0.25) is 0 Å². The Bertz CT molecular complexity index is 564. The Labute approximate surface area is 95.9 Å². The molecule has 0 fully saturated rings. The second-order valence-electron chi connectivity index (χ2n) is 3.43. The highest BCUT2D eigenvalue weighted by Crippen LogP contribution is 2.26. The van der Waals surface area contributed by atoms with Gasteiger partial charge >= 0.3 is 0 Å². The first-order chi connectivity index (χ1) is 8.11. The third-order valence-electron chi connectivity index (χ3n) is 2.27. The minimum atomic E-state index is -0.494. The summed E-state index contributed by atoms with van der Waals surface area (Å²) in [6.07, 6.45) is 0. The van der Waals surface area contributed by atoms with Crippen molar-refractivity contribution in [2.45, 2.75) is 13.5 Å². The molecule has 0 radical (unpaired) electrons. The van der Waals surface area contributed by atoms with Crippen LogP contribution in [0.15, 0.2) is 22.7 Å². The molecule has 2 rings (SSSR count). The van der Waals surface area contributed by atoms with Crippen LogP contribution in [0.4, 0.5) is 5.69 Å². The molecular weight excluding hydrogens is 226 g/mol. The number of hydrogen-bond acceptors (Lipinski definition) is 6. The van der Waals surface area contributed by atoms with Crippen molar-refractivity contribution in [2.75, 3.05) is 0 Å². The van der Waals surface area contributed by atoms with Gasteiger partial charge in [0, 0.05) is 17.7 Å². The van der Waals surface area contributed by atoms with E-state index in [4.69, 9.17) is 9.63 Å². The Morgan fingerprint density at radius 3 is 2.88 bits per heavy atom. The van der Waals surface area contributed by atoms with Crippen LogP contribution in [0.5, 0.6) is 0 Å². The molecule has 0 aliphatic carbocycles. The molecule has 88 valence electrons. The normalized spacial score (nSPS) is 10.5. The number of nitro benzene ring substituents is 1. The minimum absolute atomic E-state index is 0.0469. The van der Waals surface area contributed by atoms with Crippen LogP contribution >= 0.6 is 0 Å². The van der Waals surface area contributed by atoms with E-state index in [2.05, 4.69) is 10.1 Å². The number of nitro groups is 1. The fourth-order valence-electron chi connectivity index (χ4n) is 1.38. The summed E-state index contributed by atoms with van der Waals surface area (Å²) in [6, 6.07) is 4.38. The number of non-ortho nitro benzene ring substituents is 1. The average molecular weight is 235 g/mol. The SMILES string of the molecule is Cc1ccc([N+](=O)[O-])cc1-c1nc(CO)no1. The van der Waals surface area contributed by atoms with Gasteiger partial charge in [-0.2, -0.15) is 4.98 Å². The van der Waals surface area contributed by atoms with Crippen molar-refractivity contribution in [2.24, 2.45) is 0 Å². The second kappa shape index (κ2) is 4.30. The molecule has 0 unspecified atom stereocenters. The zero-order valence-corrected chi connectivity index (χ0v) is 8.95. The molecule has 17 heavy (non-hydrogen) atoms. The van der Waals surface area contributed by atoms with Crippen molar-refractivity contribution >= 4 is 5.69 Å². The smallest absolute Gasteiger partial charge is 0.270 e. The van der Waals surface area contributed by atoms with Gasteiger partial charge in [0.15, 0.2) is 5.82 Å². The largest absolute Gasteiger partial charge is 0.388 e. The lowest BCUT2D eigenvalue weighted by atomic mass is 10.1. The predicted molar refractivity (Wildman–Crippen MR) is 57.0 cm³/mol. The van der Waals surface area contributed by atoms with Crippen LogP contribution < -0.4 is 0 Å². The number of nitrogens with zero attached hydrogens (tertiary/aromatic N) is 3. The van der Waals surface area contributed by atoms with Gasteiger partial charge < -0.3 is 9.63 Å². The highest BCUT2D eigenvalue weighted by Gasteiger charge is 2.15. The molecule has 0 aliphatic rings. The summed E-state index contributed by atoms with van der Waals surface area (Å²) < 4.78 is 4.91. The van der Waals surface area contributed by atoms with Crippen LogP contribution in [0.25, 0.3) is 11.5 Å². The Kier molecular flexibility index (Phi) is 2.84. The lowest BCUT2D eigenvalue weighted by Gasteiger charge is -1.99. The quantitative estimate of drug-likeness (QED) is 0.637. The molecule has 1 N–H and O–H groups in total. The number of aryl methyl sites for hydroxylation is 1. The molecule has 0 saturated heterocycles. The molecule has 0 spiro atoms. The fourth-order valence-corrected chi connectivity index (χ4v) is 1.38. The minimum Gasteiger partial charge on any atom is -0.388 e. The number of rotatable bonds is 3. The molecule has 0 amide bonds. The van der Waals surface area contributed by atoms with Gasteiger partial charge in [0.25, 0.3) is 11.6 Å². The number of aromatic nitrogens is 2. The molecule has 1 aromatic heterocycles. The zero-order valence-electron chi connectivity index (χ0n) is 8.95. The molecule has 7 heteroatoms. The van der Waals surface area contributed by atoms with Gasteiger partial charge in [0.1, 0.15) is 6.61 Å². The van der Waals surface area contributed by atoms with Crippen LogP contribution in [-0.4, -0.2) is 20.2 Å². The summed E-state index contributed by atoms with van der Waals surface area (Å²) in [5.74, 6) is 0.307. The Morgan fingerprint density at radius 1 is 1.53 bits per heavy atom. The van der Waals surface area contributed by atoms with Gasteiger partial charge in [-0.25, -0.2) is 0 Å². The Balaban J connectivity index is 2.49. The highest BCUT2D eigenvalue weighted by molar-refractivity contribution is 5.62. The van der Waals surface area contributed by atoms with E-state index in [0.717, 1.165) is 5.56 Å². The summed E-state index contributed by atoms with van der Waals surface area (Å²) in [6.45, 7) is 1.44. The standard InChI is InChI=1S/C10H9N3O4/c1-6-2-3-7(13(15)16)4-8(6)10-11-9(5-14)12-17-10/h2-4,14H,5H2,1H3. The molecule has 2 aromatic rings. The number of aliphatic hydroxyl groups is 1. The number of hydrogen-bond donors (Lipinski definition) is 1. The fraction of sp³-hybridized carbons (Fsp3) is 0.200. The summed E-state index contributed by atoms with van der Waals surface area (Å²) >= 11 is 0. The van der Waals surface area contributed by atoms with Crippen LogP contribution in [-0.2, 0) is 6.61 Å². The first kappa shape index (κ1) is 11.2. The van der Waals surface area contributed by atoms with Crippen molar-refractivity contribution in [1.82, 2.24) is 10.1 Å². The van der Waals surface area contributed by atoms with E-state index in [-0.39, 0.29) is 24.0 Å². The maximum Gasteiger partial charge on any atom is 0.270 e. The van der Waals surface area contributed by atoms with E-state index >= 15 is 0 Å². The third-order valence-corrected chi connectivity index (χ3v) is 2.27. The zero-order chi connectivity index (χ0) is 12.4. The van der Waals surface area contributed by atoms with Gasteiger partial charge in [0.05, 0.1) is 4.92 Å². The van der Waals surface area contributed by atoms with Gasteiger partial charge in [-0.3, -0.25) is 10.1 Å². The molecule has 1 aromatic carbocycles. The Morgan fingerprint density at radius 2 is 2.29 bits per heavy atom. The van der Waals surface area contributed by atoms with Crippen LogP contribution in [0, 0.1) is 17.0 Å². The molecule has 0 atom stereocenters. The van der Waals surface area contributed by atoms with E-state index in [9.17, 15) is 10.1 Å². The summed E-state index contributed by atoms with van der Waals surface area (Å²) in [7, 11) is 0. The van der Waals surface area contributed by atoms with E-state index in [0.29, 0.717) is 5.56 Å². The predicted octanol–water partition coefficient (Wildman–Crippen LogP) is 1.45. The van der Waals surface area contributed by atoms with E-state index < -0.39 is 4.92 Å². The molecule has 0 bridgehead atoms. The van der Waals surface area contributed by atoms with Crippen LogP contribution in [0.1, 0.15) is 11.4 Å². The summed E-state index contributed by atoms with van der Waals surface area (Å²) in [5.41, 5.74) is 1.23. The lowest BCUT2D eigenvalue weighted by Crippen LogP contribution is -1.91. The third kappa shape index (κ3) is 2.13. The lowest BCUT2D eigenvalue weighted by molar-refractivity contribution is -0.384. The van der Waals surface area contributed by atoms with Crippen molar-refractivity contribution in [3.63, 3.8) is 0 Å². The van der Waals surface area contributed by atoms with E-state index in [1.807, 2.05) is 0 Å². The topological polar surface area (TPSA) is 102 Å².